The molecule has 0 spiro atoms. The topological polar surface area (TPSA) is 88.9 Å². The molecule has 31 heavy (non-hydrogen) atoms. The first-order chi connectivity index (χ1) is 15.0. The zero-order chi connectivity index (χ0) is 22.0. The Morgan fingerprint density at radius 2 is 2.13 bits per heavy atom. The average molecular weight is 445 g/mol. The van der Waals surface area contributed by atoms with Gasteiger partial charge in [0.2, 0.25) is 0 Å². The van der Waals surface area contributed by atoms with Crippen LogP contribution in [-0.2, 0) is 22.4 Å². The molecule has 2 unspecified atom stereocenters. The highest BCUT2D eigenvalue weighted by atomic mass is 32.1. The van der Waals surface area contributed by atoms with Gasteiger partial charge in [-0.2, -0.15) is 0 Å². The SMILES string of the molecule is CCC1CCCCN1C(=O)C(C)OC(=O)c1c(NC(=O)c2ccco2)sc2c1CCC2. The zero-order valence-electron chi connectivity index (χ0n) is 17.9. The first-order valence-corrected chi connectivity index (χ1v) is 11.8. The minimum atomic E-state index is -0.870. The van der Waals surface area contributed by atoms with Crippen molar-refractivity contribution < 1.29 is 23.5 Å². The summed E-state index contributed by atoms with van der Waals surface area (Å²) < 4.78 is 10.8. The number of aryl methyl sites for hydroxylation is 1. The molecular weight excluding hydrogens is 416 g/mol. The number of thiophene rings is 1. The lowest BCUT2D eigenvalue weighted by atomic mass is 9.99. The van der Waals surface area contributed by atoms with Crippen LogP contribution < -0.4 is 5.32 Å². The lowest BCUT2D eigenvalue weighted by Crippen LogP contribution is -2.48. The van der Waals surface area contributed by atoms with Gasteiger partial charge >= 0.3 is 5.97 Å². The van der Waals surface area contributed by atoms with Gasteiger partial charge in [-0.15, -0.1) is 11.3 Å². The van der Waals surface area contributed by atoms with Gasteiger partial charge in [0.15, 0.2) is 11.9 Å². The molecule has 2 aromatic rings. The number of carbonyl (C=O) groups excluding carboxylic acids is 3. The summed E-state index contributed by atoms with van der Waals surface area (Å²) in [4.78, 5) is 41.6. The Morgan fingerprint density at radius 1 is 1.29 bits per heavy atom. The molecule has 8 heteroatoms. The minimum absolute atomic E-state index is 0.145. The number of hydrogen-bond acceptors (Lipinski definition) is 6. The number of fused-ring (bicyclic) bond motifs is 1. The van der Waals surface area contributed by atoms with Gasteiger partial charge in [-0.25, -0.2) is 4.79 Å². The summed E-state index contributed by atoms with van der Waals surface area (Å²) in [7, 11) is 0. The van der Waals surface area contributed by atoms with Crippen molar-refractivity contribution in [1.29, 1.82) is 0 Å². The van der Waals surface area contributed by atoms with Gasteiger partial charge in [0.1, 0.15) is 5.00 Å². The minimum Gasteiger partial charge on any atom is -0.459 e. The number of piperidine rings is 1. The summed E-state index contributed by atoms with van der Waals surface area (Å²) in [5.41, 5.74) is 1.30. The van der Waals surface area contributed by atoms with E-state index in [0.717, 1.165) is 55.4 Å². The number of nitrogens with zero attached hydrogens (tertiary/aromatic N) is 1. The van der Waals surface area contributed by atoms with Crippen molar-refractivity contribution in [3.05, 3.63) is 40.2 Å². The highest BCUT2D eigenvalue weighted by Gasteiger charge is 2.34. The van der Waals surface area contributed by atoms with Gasteiger partial charge in [-0.05, 0) is 69.6 Å². The van der Waals surface area contributed by atoms with E-state index in [1.54, 1.807) is 19.1 Å². The molecule has 1 N–H and O–H groups in total. The standard InChI is InChI=1S/C23H28N2O5S/c1-3-15-8-4-5-12-25(15)22(27)14(2)30-23(28)19-16-9-6-11-18(16)31-21(19)24-20(26)17-10-7-13-29-17/h7,10,13-15H,3-6,8-9,11-12H2,1-2H3,(H,24,26). The molecule has 0 radical (unpaired) electrons. The lowest BCUT2D eigenvalue weighted by Gasteiger charge is -2.36. The van der Waals surface area contributed by atoms with E-state index >= 15 is 0 Å². The zero-order valence-corrected chi connectivity index (χ0v) is 18.8. The molecule has 2 aliphatic rings. The Kier molecular flexibility index (Phi) is 6.46. The molecule has 2 aromatic heterocycles. The second-order valence-corrected chi connectivity index (χ2v) is 9.24. The largest absolute Gasteiger partial charge is 0.459 e. The molecule has 2 atom stereocenters. The highest BCUT2D eigenvalue weighted by molar-refractivity contribution is 7.17. The molecule has 0 aromatic carbocycles. The first-order valence-electron chi connectivity index (χ1n) is 11.0. The maximum Gasteiger partial charge on any atom is 0.342 e. The molecule has 1 saturated heterocycles. The molecule has 7 nitrogen and oxygen atoms in total. The van der Waals surface area contributed by atoms with Gasteiger partial charge in [0, 0.05) is 17.5 Å². The third kappa shape index (κ3) is 4.39. The van der Waals surface area contributed by atoms with E-state index in [1.807, 2.05) is 4.90 Å². The van der Waals surface area contributed by atoms with Gasteiger partial charge in [-0.1, -0.05) is 6.92 Å². The molecular formula is C23H28N2O5S. The maximum absolute atomic E-state index is 13.1. The van der Waals surface area contributed by atoms with Gasteiger partial charge in [0.05, 0.1) is 11.8 Å². The highest BCUT2D eigenvalue weighted by Crippen LogP contribution is 2.40. The maximum atomic E-state index is 13.1. The Hall–Kier alpha value is -2.61. The quantitative estimate of drug-likeness (QED) is 0.667. The molecule has 4 rings (SSSR count). The molecule has 1 aliphatic heterocycles. The van der Waals surface area contributed by atoms with Crippen molar-refractivity contribution in [3.8, 4) is 0 Å². The molecule has 3 heterocycles. The number of furan rings is 1. The van der Waals surface area contributed by atoms with Crippen LogP contribution in [0.15, 0.2) is 22.8 Å². The molecule has 0 bridgehead atoms. The van der Waals surface area contributed by atoms with E-state index in [0.29, 0.717) is 17.1 Å². The summed E-state index contributed by atoms with van der Waals surface area (Å²) in [6.07, 6.45) is 7.14. The monoisotopic (exact) mass is 444 g/mol. The molecule has 0 saturated carbocycles. The predicted molar refractivity (Wildman–Crippen MR) is 118 cm³/mol. The van der Waals surface area contributed by atoms with E-state index in [4.69, 9.17) is 9.15 Å². The third-order valence-corrected chi connectivity index (χ3v) is 7.32. The van der Waals surface area contributed by atoms with Crippen molar-refractivity contribution in [2.24, 2.45) is 0 Å². The number of esters is 1. The summed E-state index contributed by atoms with van der Waals surface area (Å²) in [6.45, 7) is 4.42. The summed E-state index contributed by atoms with van der Waals surface area (Å²) in [6, 6.07) is 3.41. The Bertz CT molecular complexity index is 965. The van der Waals surface area contributed by atoms with Crippen molar-refractivity contribution >= 4 is 34.1 Å². The molecule has 1 aliphatic carbocycles. The van der Waals surface area contributed by atoms with E-state index in [-0.39, 0.29) is 17.7 Å². The van der Waals surface area contributed by atoms with E-state index < -0.39 is 18.0 Å². The van der Waals surface area contributed by atoms with Crippen molar-refractivity contribution in [3.63, 3.8) is 0 Å². The van der Waals surface area contributed by atoms with Crippen LogP contribution in [0.4, 0.5) is 5.00 Å². The van der Waals surface area contributed by atoms with Crippen molar-refractivity contribution in [1.82, 2.24) is 4.90 Å². The Morgan fingerprint density at radius 3 is 2.87 bits per heavy atom. The fraction of sp³-hybridized carbons (Fsp3) is 0.522. The second kappa shape index (κ2) is 9.26. The fourth-order valence-electron chi connectivity index (χ4n) is 4.50. The van der Waals surface area contributed by atoms with Crippen LogP contribution in [0, 0.1) is 0 Å². The lowest BCUT2D eigenvalue weighted by molar-refractivity contribution is -0.143. The third-order valence-electron chi connectivity index (χ3n) is 6.11. The number of amides is 2. The van der Waals surface area contributed by atoms with E-state index in [9.17, 15) is 14.4 Å². The van der Waals surface area contributed by atoms with Gasteiger partial charge in [0.25, 0.3) is 11.8 Å². The van der Waals surface area contributed by atoms with Crippen LogP contribution in [0.5, 0.6) is 0 Å². The number of carbonyl (C=O) groups is 3. The van der Waals surface area contributed by atoms with E-state index in [2.05, 4.69) is 12.2 Å². The number of hydrogen-bond donors (Lipinski definition) is 1. The van der Waals surface area contributed by atoms with Crippen LogP contribution in [-0.4, -0.2) is 41.4 Å². The van der Waals surface area contributed by atoms with Crippen molar-refractivity contribution in [2.45, 2.75) is 70.9 Å². The van der Waals surface area contributed by atoms with Crippen molar-refractivity contribution in [2.75, 3.05) is 11.9 Å². The second-order valence-electron chi connectivity index (χ2n) is 8.13. The van der Waals surface area contributed by atoms with Crippen LogP contribution >= 0.6 is 11.3 Å². The first kappa shape index (κ1) is 21.6. The molecule has 2 amide bonds. The number of likely N-dealkylation sites (tertiary alicyclic amines) is 1. The number of rotatable bonds is 6. The van der Waals surface area contributed by atoms with Gasteiger partial charge < -0.3 is 19.4 Å². The number of nitrogens with one attached hydrogen (secondary N) is 1. The molecule has 166 valence electrons. The van der Waals surface area contributed by atoms with Crippen LogP contribution in [0.2, 0.25) is 0 Å². The average Bonchev–Trinajstić information content (AvgIpc) is 3.50. The van der Waals surface area contributed by atoms with E-state index in [1.165, 1.54) is 17.6 Å². The molecule has 1 fully saturated rings. The van der Waals surface area contributed by atoms with Crippen LogP contribution in [0.25, 0.3) is 0 Å². The normalized spacial score (nSPS) is 19.0. The van der Waals surface area contributed by atoms with Gasteiger partial charge in [-0.3, -0.25) is 9.59 Å². The smallest absolute Gasteiger partial charge is 0.342 e. The summed E-state index contributed by atoms with van der Waals surface area (Å²) in [5, 5.41) is 3.25. The van der Waals surface area contributed by atoms with Crippen LogP contribution in [0.1, 0.15) is 77.3 Å². The number of ether oxygens (including phenoxy) is 1. The Balaban J connectivity index is 1.51. The van der Waals surface area contributed by atoms with Crippen LogP contribution in [0.3, 0.4) is 0 Å². The Labute approximate surface area is 185 Å². The number of anilines is 1. The summed E-state index contributed by atoms with van der Waals surface area (Å²) in [5.74, 6) is -0.942. The fourth-order valence-corrected chi connectivity index (χ4v) is 5.77. The predicted octanol–water partition coefficient (Wildman–Crippen LogP) is 4.42. The summed E-state index contributed by atoms with van der Waals surface area (Å²) >= 11 is 1.40.